The summed E-state index contributed by atoms with van der Waals surface area (Å²) in [5.41, 5.74) is 1.18. The van der Waals surface area contributed by atoms with E-state index in [9.17, 15) is 13.2 Å². The molecular formula is C20H23N3O6S. The van der Waals surface area contributed by atoms with Crippen molar-refractivity contribution in [1.82, 2.24) is 9.29 Å². The second-order valence-electron chi connectivity index (χ2n) is 7.01. The van der Waals surface area contributed by atoms with E-state index >= 15 is 0 Å². The Balaban J connectivity index is 1.58. The van der Waals surface area contributed by atoms with Crippen LogP contribution in [0.5, 0.6) is 5.75 Å². The second-order valence-corrected chi connectivity index (χ2v) is 8.92. The van der Waals surface area contributed by atoms with Crippen molar-refractivity contribution in [3.05, 3.63) is 47.7 Å². The molecule has 30 heavy (non-hydrogen) atoms. The second kappa shape index (κ2) is 8.58. The number of aromatic nitrogens is 1. The molecule has 0 saturated carbocycles. The zero-order chi connectivity index (χ0) is 21.1. The number of nitrogens with one attached hydrogen (secondary N) is 1. The van der Waals surface area contributed by atoms with E-state index in [1.165, 1.54) is 23.7 Å². The van der Waals surface area contributed by atoms with E-state index in [1.54, 1.807) is 0 Å². The molecule has 4 rings (SSSR count). The van der Waals surface area contributed by atoms with E-state index in [-0.39, 0.29) is 35.5 Å². The van der Waals surface area contributed by atoms with Gasteiger partial charge in [-0.1, -0.05) is 18.2 Å². The number of anilines is 1. The lowest BCUT2D eigenvalue weighted by atomic mass is 10.1. The fourth-order valence-electron chi connectivity index (χ4n) is 3.51. The summed E-state index contributed by atoms with van der Waals surface area (Å²) in [5, 5.41) is 3.09. The zero-order valence-corrected chi connectivity index (χ0v) is 17.4. The van der Waals surface area contributed by atoms with Crippen molar-refractivity contribution in [2.24, 2.45) is 0 Å². The first-order chi connectivity index (χ1) is 14.5. The topological polar surface area (TPSA) is 107 Å². The minimum absolute atomic E-state index is 0.0668. The van der Waals surface area contributed by atoms with Crippen LogP contribution in [0.3, 0.4) is 0 Å². The lowest BCUT2D eigenvalue weighted by molar-refractivity contribution is 0.0600. The summed E-state index contributed by atoms with van der Waals surface area (Å²) in [6, 6.07) is 9.09. The van der Waals surface area contributed by atoms with Crippen molar-refractivity contribution in [1.29, 1.82) is 0 Å². The Morgan fingerprint density at radius 3 is 2.80 bits per heavy atom. The zero-order valence-electron chi connectivity index (χ0n) is 16.5. The molecule has 1 saturated heterocycles. The molecule has 2 aliphatic heterocycles. The fraction of sp³-hybridized carbons (Fsp3) is 0.400. The normalized spacial score (nSPS) is 19.0. The molecule has 1 aromatic carbocycles. The van der Waals surface area contributed by atoms with Crippen molar-refractivity contribution in [2.45, 2.75) is 17.4 Å². The van der Waals surface area contributed by atoms with E-state index in [0.717, 1.165) is 17.7 Å². The Hall–Kier alpha value is -2.69. The molecule has 0 unspecified atom stereocenters. The number of pyridine rings is 1. The van der Waals surface area contributed by atoms with Crippen LogP contribution in [0.25, 0.3) is 0 Å². The number of rotatable bonds is 6. The monoisotopic (exact) mass is 433 g/mol. The SMILES string of the molecule is COC(=O)c1cnc(NC[C@H]2Cc3ccccc3O2)c(S(=O)(=O)N2CCOCC2)c1. The van der Waals surface area contributed by atoms with Gasteiger partial charge in [0.05, 0.1) is 32.4 Å². The van der Waals surface area contributed by atoms with Gasteiger partial charge in [0.1, 0.15) is 22.6 Å². The molecule has 0 amide bonds. The quantitative estimate of drug-likeness (QED) is 0.680. The predicted octanol–water partition coefficient (Wildman–Crippen LogP) is 1.30. The molecule has 0 aliphatic carbocycles. The highest BCUT2D eigenvalue weighted by Gasteiger charge is 2.31. The van der Waals surface area contributed by atoms with Crippen LogP contribution in [-0.4, -0.2) is 69.7 Å². The van der Waals surface area contributed by atoms with Gasteiger partial charge >= 0.3 is 5.97 Å². The lowest BCUT2D eigenvalue weighted by Gasteiger charge is -2.27. The number of morpholine rings is 1. The van der Waals surface area contributed by atoms with Crippen molar-refractivity contribution in [3.63, 3.8) is 0 Å². The third-order valence-corrected chi connectivity index (χ3v) is 6.98. The number of hydrogen-bond donors (Lipinski definition) is 1. The average Bonchev–Trinajstić information content (AvgIpc) is 3.20. The molecule has 1 fully saturated rings. The molecule has 2 aromatic rings. The molecule has 1 aromatic heterocycles. The van der Waals surface area contributed by atoms with E-state index in [4.69, 9.17) is 14.2 Å². The highest BCUT2D eigenvalue weighted by Crippen LogP contribution is 2.29. The first kappa shape index (κ1) is 20.6. The van der Waals surface area contributed by atoms with Gasteiger partial charge in [-0.25, -0.2) is 18.2 Å². The summed E-state index contributed by atoms with van der Waals surface area (Å²) in [7, 11) is -2.64. The maximum Gasteiger partial charge on any atom is 0.339 e. The van der Waals surface area contributed by atoms with Gasteiger partial charge < -0.3 is 19.5 Å². The fourth-order valence-corrected chi connectivity index (χ4v) is 5.06. The van der Waals surface area contributed by atoms with Gasteiger partial charge in [0, 0.05) is 25.7 Å². The number of para-hydroxylation sites is 1. The molecule has 0 bridgehead atoms. The molecule has 1 atom stereocenters. The standard InChI is InChI=1S/C20H23N3O6S/c1-27-20(24)15-11-18(30(25,26)23-6-8-28-9-7-23)19(21-12-15)22-13-16-10-14-4-2-3-5-17(14)29-16/h2-5,11-12,16H,6-10,13H2,1H3,(H,21,22)/t16-/m1/s1. The van der Waals surface area contributed by atoms with Crippen molar-refractivity contribution in [3.8, 4) is 5.75 Å². The number of esters is 1. The Kier molecular flexibility index (Phi) is 5.89. The summed E-state index contributed by atoms with van der Waals surface area (Å²) in [5.74, 6) is 0.357. The first-order valence-electron chi connectivity index (χ1n) is 9.63. The first-order valence-corrected chi connectivity index (χ1v) is 11.1. The number of carbonyl (C=O) groups is 1. The van der Waals surface area contributed by atoms with Crippen LogP contribution in [0, 0.1) is 0 Å². The van der Waals surface area contributed by atoms with Gasteiger partial charge in [0.15, 0.2) is 0 Å². The molecule has 160 valence electrons. The molecule has 2 aliphatic rings. The Bertz CT molecular complexity index is 1010. The Morgan fingerprint density at radius 1 is 1.30 bits per heavy atom. The van der Waals surface area contributed by atoms with Crippen LogP contribution in [0.2, 0.25) is 0 Å². The van der Waals surface area contributed by atoms with E-state index in [2.05, 4.69) is 10.3 Å². The summed E-state index contributed by atoms with van der Waals surface area (Å²) >= 11 is 0. The molecule has 9 nitrogen and oxygen atoms in total. The van der Waals surface area contributed by atoms with Gasteiger partial charge in [0.25, 0.3) is 0 Å². The van der Waals surface area contributed by atoms with Gasteiger partial charge in [0.2, 0.25) is 10.0 Å². The number of nitrogens with zero attached hydrogens (tertiary/aromatic N) is 2. The summed E-state index contributed by atoms with van der Waals surface area (Å²) < 4.78 is 43.7. The minimum atomic E-state index is -3.88. The number of hydrogen-bond acceptors (Lipinski definition) is 8. The third kappa shape index (κ3) is 4.11. The molecular weight excluding hydrogens is 410 g/mol. The molecule has 3 heterocycles. The smallest absolute Gasteiger partial charge is 0.339 e. The van der Waals surface area contributed by atoms with Gasteiger partial charge in [-0.15, -0.1) is 0 Å². The maximum absolute atomic E-state index is 13.3. The van der Waals surface area contributed by atoms with Crippen LogP contribution in [0.4, 0.5) is 5.82 Å². The van der Waals surface area contributed by atoms with Crippen molar-refractivity contribution >= 4 is 21.8 Å². The number of carbonyl (C=O) groups excluding carboxylic acids is 1. The van der Waals surface area contributed by atoms with Gasteiger partial charge in [-0.3, -0.25) is 0 Å². The van der Waals surface area contributed by atoms with Crippen LogP contribution < -0.4 is 10.1 Å². The van der Waals surface area contributed by atoms with E-state index < -0.39 is 16.0 Å². The number of fused-ring (bicyclic) bond motifs is 1. The number of benzene rings is 1. The number of sulfonamides is 1. The summed E-state index contributed by atoms with van der Waals surface area (Å²) in [6.07, 6.45) is 1.87. The molecule has 0 spiro atoms. The van der Waals surface area contributed by atoms with Gasteiger partial charge in [-0.05, 0) is 17.7 Å². The Morgan fingerprint density at radius 2 is 2.07 bits per heavy atom. The lowest BCUT2D eigenvalue weighted by Crippen LogP contribution is -2.41. The van der Waals surface area contributed by atoms with Gasteiger partial charge in [-0.2, -0.15) is 4.31 Å². The molecule has 1 N–H and O–H groups in total. The number of methoxy groups -OCH3 is 1. The highest BCUT2D eigenvalue weighted by atomic mass is 32.2. The largest absolute Gasteiger partial charge is 0.488 e. The van der Waals surface area contributed by atoms with Crippen LogP contribution in [-0.2, 0) is 25.9 Å². The molecule has 10 heteroatoms. The summed E-state index contributed by atoms with van der Waals surface area (Å²) in [6.45, 7) is 1.49. The van der Waals surface area contributed by atoms with E-state index in [0.29, 0.717) is 19.8 Å². The maximum atomic E-state index is 13.3. The highest BCUT2D eigenvalue weighted by molar-refractivity contribution is 7.89. The third-order valence-electron chi connectivity index (χ3n) is 5.07. The minimum Gasteiger partial charge on any atom is -0.488 e. The van der Waals surface area contributed by atoms with Crippen LogP contribution in [0.1, 0.15) is 15.9 Å². The molecule has 0 radical (unpaired) electrons. The average molecular weight is 433 g/mol. The van der Waals surface area contributed by atoms with Crippen LogP contribution >= 0.6 is 0 Å². The van der Waals surface area contributed by atoms with Crippen LogP contribution in [0.15, 0.2) is 41.4 Å². The Labute approximate surface area is 175 Å². The summed E-state index contributed by atoms with van der Waals surface area (Å²) in [4.78, 5) is 16.1. The predicted molar refractivity (Wildman–Crippen MR) is 108 cm³/mol. The number of ether oxygens (including phenoxy) is 3. The van der Waals surface area contributed by atoms with Crippen molar-refractivity contribution < 1.29 is 27.4 Å². The van der Waals surface area contributed by atoms with Crippen molar-refractivity contribution in [2.75, 3.05) is 45.3 Å². The van der Waals surface area contributed by atoms with E-state index in [1.807, 2.05) is 24.3 Å².